The van der Waals surface area contributed by atoms with Crippen LogP contribution in [0.15, 0.2) is 29.7 Å². The molecule has 3 rings (SSSR count). The minimum Gasteiger partial charge on any atom is -0.387 e. The largest absolute Gasteiger partial charge is 0.387 e. The molecule has 4 atom stereocenters. The number of nitrogens with zero attached hydrogens (tertiary/aromatic N) is 2. The van der Waals surface area contributed by atoms with E-state index in [0.29, 0.717) is 18.3 Å². The molecule has 3 aliphatic rings. The Balaban J connectivity index is 1.77. The maximum absolute atomic E-state index is 10.6. The van der Waals surface area contributed by atoms with Crippen molar-refractivity contribution in [1.29, 1.82) is 0 Å². The summed E-state index contributed by atoms with van der Waals surface area (Å²) in [6, 6.07) is 0. The third-order valence-corrected chi connectivity index (χ3v) is 5.82. The van der Waals surface area contributed by atoms with E-state index in [1.807, 2.05) is 0 Å². The summed E-state index contributed by atoms with van der Waals surface area (Å²) in [5.74, 6) is 0.901. The van der Waals surface area contributed by atoms with Crippen LogP contribution in [0.3, 0.4) is 0 Å². The lowest BCUT2D eigenvalue weighted by Crippen LogP contribution is -2.46. The van der Waals surface area contributed by atoms with Gasteiger partial charge in [-0.15, -0.1) is 13.2 Å². The summed E-state index contributed by atoms with van der Waals surface area (Å²) in [5.41, 5.74) is 5.01. The Morgan fingerprint density at radius 3 is 2.95 bits per heavy atom. The standard InChI is InChI=1S/C15H24N3O3P/c1-10-17-11(16)5-7-18(10)14-12-13(19)15(21-14,9-20-12)6-8-22(2,3)4/h5,7,12-14,19H,1-2,6,8-9H2,3-4H3,(H2,16,17)/t12-,13?,14-,15+/m1/s1. The molecule has 0 aliphatic carbocycles. The van der Waals surface area contributed by atoms with Crippen LogP contribution < -0.4 is 5.73 Å². The van der Waals surface area contributed by atoms with E-state index in [2.05, 4.69) is 31.2 Å². The van der Waals surface area contributed by atoms with Gasteiger partial charge in [-0.3, -0.25) is 0 Å². The first kappa shape index (κ1) is 15.8. The maximum atomic E-state index is 10.6. The molecule has 7 heteroatoms. The molecule has 0 spiro atoms. The molecule has 0 aromatic carbocycles. The van der Waals surface area contributed by atoms with Crippen molar-refractivity contribution < 1.29 is 14.6 Å². The lowest BCUT2D eigenvalue weighted by molar-refractivity contribution is -0.181. The van der Waals surface area contributed by atoms with Crippen LogP contribution in [-0.4, -0.2) is 72.3 Å². The average Bonchev–Trinajstić information content (AvgIpc) is 2.87. The van der Waals surface area contributed by atoms with Crippen molar-refractivity contribution in [3.05, 3.63) is 24.7 Å². The number of aliphatic hydroxyl groups is 1. The molecule has 2 bridgehead atoms. The van der Waals surface area contributed by atoms with Gasteiger partial charge in [-0.2, -0.15) is 0 Å². The van der Waals surface area contributed by atoms with Crippen LogP contribution in [0, 0.1) is 0 Å². The number of hydrogen-bond donors (Lipinski definition) is 2. The fraction of sp³-hybridized carbons (Fsp3) is 0.600. The normalized spacial score (nSPS) is 37.8. The molecule has 0 aromatic rings. The first-order valence-corrected chi connectivity index (χ1v) is 10.4. The van der Waals surface area contributed by atoms with Crippen LogP contribution >= 0.6 is 6.89 Å². The summed E-state index contributed by atoms with van der Waals surface area (Å²) >= 11 is 0. The van der Waals surface area contributed by atoms with Crippen molar-refractivity contribution in [2.75, 3.05) is 26.1 Å². The number of hydrogen-bond acceptors (Lipinski definition) is 6. The van der Waals surface area contributed by atoms with Gasteiger partial charge < -0.3 is 25.2 Å². The first-order chi connectivity index (χ1) is 10.2. The van der Waals surface area contributed by atoms with Gasteiger partial charge in [0.2, 0.25) is 0 Å². The molecule has 0 saturated carbocycles. The minimum absolute atomic E-state index is 0.401. The summed E-state index contributed by atoms with van der Waals surface area (Å²) in [4.78, 5) is 5.92. The number of rotatable bonds is 4. The van der Waals surface area contributed by atoms with Crippen molar-refractivity contribution in [1.82, 2.24) is 4.90 Å². The van der Waals surface area contributed by atoms with E-state index < -0.39 is 30.9 Å². The Labute approximate surface area is 131 Å². The molecule has 122 valence electrons. The lowest BCUT2D eigenvalue weighted by Gasteiger charge is -2.37. The second-order valence-electron chi connectivity index (χ2n) is 6.88. The summed E-state index contributed by atoms with van der Waals surface area (Å²) in [5, 5.41) is 10.6. The fourth-order valence-electron chi connectivity index (χ4n) is 3.07. The molecule has 0 radical (unpaired) electrons. The highest BCUT2D eigenvalue weighted by atomic mass is 31.2. The van der Waals surface area contributed by atoms with Crippen molar-refractivity contribution in [3.8, 4) is 0 Å². The van der Waals surface area contributed by atoms with Crippen molar-refractivity contribution >= 4 is 19.0 Å². The lowest BCUT2D eigenvalue weighted by atomic mass is 9.96. The molecule has 2 saturated heterocycles. The van der Waals surface area contributed by atoms with Crippen LogP contribution in [0.1, 0.15) is 6.42 Å². The quantitative estimate of drug-likeness (QED) is 0.740. The molecule has 6 nitrogen and oxygen atoms in total. The second kappa shape index (κ2) is 5.24. The van der Waals surface area contributed by atoms with E-state index in [-0.39, 0.29) is 0 Å². The van der Waals surface area contributed by atoms with Gasteiger partial charge in [0.25, 0.3) is 0 Å². The number of amidine groups is 1. The Morgan fingerprint density at radius 2 is 2.32 bits per heavy atom. The molecular weight excluding hydrogens is 301 g/mol. The zero-order valence-corrected chi connectivity index (χ0v) is 14.0. The fourth-order valence-corrected chi connectivity index (χ4v) is 4.05. The molecule has 1 unspecified atom stereocenters. The number of ether oxygens (including phenoxy) is 2. The third kappa shape index (κ3) is 2.65. The second-order valence-corrected chi connectivity index (χ2v) is 11.2. The van der Waals surface area contributed by atoms with E-state index >= 15 is 0 Å². The molecule has 0 amide bonds. The predicted molar refractivity (Wildman–Crippen MR) is 90.5 cm³/mol. The van der Waals surface area contributed by atoms with Crippen LogP contribution in [-0.2, 0) is 9.47 Å². The summed E-state index contributed by atoms with van der Waals surface area (Å²) < 4.78 is 12.0. The van der Waals surface area contributed by atoms with Gasteiger partial charge in [0, 0.05) is 6.20 Å². The van der Waals surface area contributed by atoms with E-state index in [1.54, 1.807) is 17.2 Å². The SMILES string of the molecule is C=C1N=C(N)C=CN1[C@@H]1O[C@@]2(CCP(=C)(C)C)CO[C@@H]1C2O. The molecular formula is C15H24N3O3P. The monoisotopic (exact) mass is 325 g/mol. The summed E-state index contributed by atoms with van der Waals surface area (Å²) in [6.45, 7) is 7.50. The zero-order valence-electron chi connectivity index (χ0n) is 13.1. The van der Waals surface area contributed by atoms with Crippen molar-refractivity contribution in [3.63, 3.8) is 0 Å². The van der Waals surface area contributed by atoms with Crippen molar-refractivity contribution in [2.24, 2.45) is 10.7 Å². The number of nitrogens with two attached hydrogens (primary N) is 1. The predicted octanol–water partition coefficient (Wildman–Crippen LogP) is 0.598. The maximum Gasteiger partial charge on any atom is 0.165 e. The molecule has 3 aliphatic heterocycles. The topological polar surface area (TPSA) is 80.3 Å². The number of aliphatic imine (C=N–C) groups is 1. The van der Waals surface area contributed by atoms with Crippen LogP contribution in [0.25, 0.3) is 0 Å². The van der Waals surface area contributed by atoms with Crippen LogP contribution in [0.4, 0.5) is 0 Å². The smallest absolute Gasteiger partial charge is 0.165 e. The van der Waals surface area contributed by atoms with E-state index in [4.69, 9.17) is 15.2 Å². The van der Waals surface area contributed by atoms with E-state index in [0.717, 1.165) is 12.6 Å². The Kier molecular flexibility index (Phi) is 3.76. The van der Waals surface area contributed by atoms with E-state index in [9.17, 15) is 5.11 Å². The van der Waals surface area contributed by atoms with Gasteiger partial charge in [-0.05, 0) is 32.0 Å². The highest BCUT2D eigenvalue weighted by Gasteiger charge is 2.62. The molecule has 3 N–H and O–H groups in total. The average molecular weight is 325 g/mol. The van der Waals surface area contributed by atoms with Crippen LogP contribution in [0.2, 0.25) is 0 Å². The minimum atomic E-state index is -1.18. The van der Waals surface area contributed by atoms with Gasteiger partial charge in [0.05, 0.1) is 6.61 Å². The Morgan fingerprint density at radius 1 is 1.59 bits per heavy atom. The number of fused-ring (bicyclic) bond motifs is 2. The number of aliphatic hydroxyl groups excluding tert-OH is 1. The molecule has 2 fully saturated rings. The molecule has 3 heterocycles. The highest BCUT2D eigenvalue weighted by Crippen LogP contribution is 2.47. The Hall–Kier alpha value is -1.07. The van der Waals surface area contributed by atoms with Crippen LogP contribution in [0.5, 0.6) is 0 Å². The summed E-state index contributed by atoms with van der Waals surface area (Å²) in [7, 11) is 0. The highest BCUT2D eigenvalue weighted by molar-refractivity contribution is 7.72. The van der Waals surface area contributed by atoms with Gasteiger partial charge in [-0.1, -0.05) is 6.58 Å². The van der Waals surface area contributed by atoms with Gasteiger partial charge in [0.1, 0.15) is 29.5 Å². The van der Waals surface area contributed by atoms with Gasteiger partial charge >= 0.3 is 0 Å². The molecule has 22 heavy (non-hydrogen) atoms. The van der Waals surface area contributed by atoms with E-state index in [1.165, 1.54) is 0 Å². The first-order valence-electron chi connectivity index (χ1n) is 7.36. The Bertz CT molecular complexity index is 597. The van der Waals surface area contributed by atoms with Crippen molar-refractivity contribution in [2.45, 2.75) is 30.5 Å². The van der Waals surface area contributed by atoms with Gasteiger partial charge in [-0.25, -0.2) is 4.99 Å². The summed E-state index contributed by atoms with van der Waals surface area (Å²) in [6.07, 6.45) is 7.93. The third-order valence-electron chi connectivity index (χ3n) is 4.38. The molecule has 0 aromatic heterocycles. The zero-order chi connectivity index (χ0) is 16.1. The van der Waals surface area contributed by atoms with Gasteiger partial charge in [0.15, 0.2) is 6.23 Å².